The average molecular weight is 328 g/mol. The maximum absolute atomic E-state index is 5.29. The molecule has 0 spiro atoms. The van der Waals surface area contributed by atoms with Crippen LogP contribution in [0.1, 0.15) is 27.7 Å². The Morgan fingerprint density at radius 3 is 1.87 bits per heavy atom. The number of nitrogens with one attached hydrogen (secondary N) is 1. The standard InChI is InChI=1S/C20H29N2P/c1-17(2)23(18(3)4,22-20-13-9-6-10-14-20)16-15-21-19-11-7-5-8-12-19/h5-14,17-18,21H,15-16H2,1-4H3. The minimum atomic E-state index is -1.44. The molecule has 0 aromatic heterocycles. The average Bonchev–Trinajstić information content (AvgIpc) is 2.55. The molecule has 0 fully saturated rings. The van der Waals surface area contributed by atoms with Gasteiger partial charge < -0.3 is 5.32 Å². The number of rotatable bonds is 7. The van der Waals surface area contributed by atoms with Crippen molar-refractivity contribution in [2.75, 3.05) is 18.0 Å². The maximum atomic E-state index is 5.29. The minimum Gasteiger partial charge on any atom is -0.385 e. The molecule has 0 aliphatic rings. The third-order valence-electron chi connectivity index (χ3n) is 4.42. The Labute approximate surface area is 141 Å². The van der Waals surface area contributed by atoms with E-state index in [-0.39, 0.29) is 0 Å². The Hall–Kier alpha value is -1.53. The number of hydrogen-bond acceptors (Lipinski definition) is 2. The van der Waals surface area contributed by atoms with E-state index in [9.17, 15) is 0 Å². The van der Waals surface area contributed by atoms with Crippen LogP contribution in [0.2, 0.25) is 0 Å². The highest BCUT2D eigenvalue weighted by molar-refractivity contribution is 7.67. The molecule has 2 aromatic rings. The van der Waals surface area contributed by atoms with Crippen molar-refractivity contribution in [1.29, 1.82) is 0 Å². The van der Waals surface area contributed by atoms with Crippen LogP contribution in [0, 0.1) is 0 Å². The van der Waals surface area contributed by atoms with Crippen molar-refractivity contribution < 1.29 is 0 Å². The van der Waals surface area contributed by atoms with Crippen LogP contribution in [0.3, 0.4) is 0 Å². The molecule has 1 N–H and O–H groups in total. The van der Waals surface area contributed by atoms with Gasteiger partial charge in [-0.1, -0.05) is 64.1 Å². The van der Waals surface area contributed by atoms with Crippen LogP contribution < -0.4 is 5.32 Å². The lowest BCUT2D eigenvalue weighted by Gasteiger charge is -2.33. The van der Waals surface area contributed by atoms with Crippen LogP contribution in [-0.4, -0.2) is 24.0 Å². The predicted molar refractivity (Wildman–Crippen MR) is 106 cm³/mol. The molecule has 0 atom stereocenters. The van der Waals surface area contributed by atoms with Crippen molar-refractivity contribution in [2.45, 2.75) is 39.0 Å². The summed E-state index contributed by atoms with van der Waals surface area (Å²) < 4.78 is 5.29. The van der Waals surface area contributed by atoms with E-state index in [1.165, 1.54) is 5.69 Å². The van der Waals surface area contributed by atoms with E-state index in [0.29, 0.717) is 11.3 Å². The van der Waals surface area contributed by atoms with Crippen molar-refractivity contribution in [3.05, 3.63) is 60.7 Å². The molecule has 2 aromatic carbocycles. The van der Waals surface area contributed by atoms with Gasteiger partial charge in [-0.2, -0.15) is 0 Å². The highest BCUT2D eigenvalue weighted by Gasteiger charge is 2.27. The van der Waals surface area contributed by atoms with Gasteiger partial charge in [-0.3, -0.25) is 4.74 Å². The molecule has 0 aliphatic heterocycles. The number of nitrogens with zero attached hydrogens (tertiary/aromatic N) is 1. The van der Waals surface area contributed by atoms with E-state index in [1.807, 2.05) is 0 Å². The summed E-state index contributed by atoms with van der Waals surface area (Å²) in [7, 11) is -1.44. The first kappa shape index (κ1) is 17.8. The van der Waals surface area contributed by atoms with Crippen molar-refractivity contribution in [2.24, 2.45) is 4.74 Å². The van der Waals surface area contributed by atoms with Gasteiger partial charge in [0.25, 0.3) is 0 Å². The third-order valence-corrected chi connectivity index (χ3v) is 9.54. The number of benzene rings is 2. The third kappa shape index (κ3) is 4.72. The summed E-state index contributed by atoms with van der Waals surface area (Å²) in [6.45, 7) is 10.3. The zero-order valence-electron chi connectivity index (χ0n) is 14.7. The monoisotopic (exact) mass is 328 g/mol. The molecule has 23 heavy (non-hydrogen) atoms. The molecule has 2 rings (SSSR count). The molecule has 0 amide bonds. The van der Waals surface area contributed by atoms with Crippen molar-refractivity contribution in [3.8, 4) is 0 Å². The maximum Gasteiger partial charge on any atom is 0.0613 e. The molecule has 0 saturated carbocycles. The van der Waals surface area contributed by atoms with Crippen molar-refractivity contribution in [3.63, 3.8) is 0 Å². The minimum absolute atomic E-state index is 0.597. The van der Waals surface area contributed by atoms with Gasteiger partial charge in [-0.25, -0.2) is 0 Å². The number of anilines is 1. The van der Waals surface area contributed by atoms with Crippen LogP contribution in [0.15, 0.2) is 65.4 Å². The summed E-state index contributed by atoms with van der Waals surface area (Å²) in [6, 6.07) is 20.9. The zero-order chi connectivity index (χ0) is 16.7. The lowest BCUT2D eigenvalue weighted by atomic mass is 10.3. The molecule has 124 valence electrons. The molecule has 0 aliphatic carbocycles. The topological polar surface area (TPSA) is 24.4 Å². The summed E-state index contributed by atoms with van der Waals surface area (Å²) >= 11 is 0. The van der Waals surface area contributed by atoms with Crippen molar-refractivity contribution in [1.82, 2.24) is 0 Å². The van der Waals surface area contributed by atoms with E-state index in [1.54, 1.807) is 0 Å². The Morgan fingerprint density at radius 1 is 0.826 bits per heavy atom. The van der Waals surface area contributed by atoms with E-state index in [0.717, 1.165) is 18.4 Å². The summed E-state index contributed by atoms with van der Waals surface area (Å²) in [6.07, 6.45) is 1.13. The zero-order valence-corrected chi connectivity index (χ0v) is 15.6. The number of hydrogen-bond donors (Lipinski definition) is 1. The molecule has 0 heterocycles. The first-order chi connectivity index (χ1) is 11.0. The van der Waals surface area contributed by atoms with E-state index < -0.39 is 7.05 Å². The highest BCUT2D eigenvalue weighted by atomic mass is 31.2. The number of para-hydroxylation sites is 1. The first-order valence-corrected chi connectivity index (χ1v) is 10.6. The van der Waals surface area contributed by atoms with Crippen LogP contribution in [0.25, 0.3) is 0 Å². The van der Waals surface area contributed by atoms with Gasteiger partial charge in [0.2, 0.25) is 0 Å². The fraction of sp³-hybridized carbons (Fsp3) is 0.400. The van der Waals surface area contributed by atoms with Gasteiger partial charge in [-0.05, 0) is 42.6 Å². The Bertz CT molecular complexity index is 621. The molecular weight excluding hydrogens is 299 g/mol. The quantitative estimate of drug-likeness (QED) is 0.580. The van der Waals surface area contributed by atoms with Crippen LogP contribution >= 0.6 is 7.05 Å². The molecule has 2 nitrogen and oxygen atoms in total. The van der Waals surface area contributed by atoms with E-state index in [2.05, 4.69) is 93.7 Å². The Kier molecular flexibility index (Phi) is 6.47. The Balaban J connectivity index is 2.22. The second kappa shape index (κ2) is 8.36. The van der Waals surface area contributed by atoms with Crippen LogP contribution in [0.4, 0.5) is 11.4 Å². The fourth-order valence-corrected chi connectivity index (χ4v) is 6.86. The summed E-state index contributed by atoms with van der Waals surface area (Å²) in [5.41, 5.74) is 3.52. The second-order valence-electron chi connectivity index (χ2n) is 6.53. The van der Waals surface area contributed by atoms with Crippen LogP contribution in [-0.2, 0) is 0 Å². The van der Waals surface area contributed by atoms with Crippen LogP contribution in [0.5, 0.6) is 0 Å². The lowest BCUT2D eigenvalue weighted by Crippen LogP contribution is -2.17. The second-order valence-corrected chi connectivity index (χ2v) is 11.0. The summed E-state index contributed by atoms with van der Waals surface area (Å²) in [4.78, 5) is 0. The van der Waals surface area contributed by atoms with Gasteiger partial charge >= 0.3 is 0 Å². The smallest absolute Gasteiger partial charge is 0.0613 e. The SMILES string of the molecule is CC(C)P(CCNc1ccccc1)(=Nc1ccccc1)C(C)C. The first-order valence-electron chi connectivity index (χ1n) is 8.49. The van der Waals surface area contributed by atoms with Gasteiger partial charge in [0.15, 0.2) is 0 Å². The highest BCUT2D eigenvalue weighted by Crippen LogP contribution is 2.59. The normalized spacial score (nSPS) is 11.7. The van der Waals surface area contributed by atoms with E-state index >= 15 is 0 Å². The van der Waals surface area contributed by atoms with E-state index in [4.69, 9.17) is 4.74 Å². The largest absolute Gasteiger partial charge is 0.385 e. The molecule has 3 heteroatoms. The van der Waals surface area contributed by atoms with Gasteiger partial charge in [-0.15, -0.1) is 0 Å². The lowest BCUT2D eigenvalue weighted by molar-refractivity contribution is 0.971. The van der Waals surface area contributed by atoms with Gasteiger partial charge in [0.1, 0.15) is 0 Å². The molecule has 0 radical (unpaired) electrons. The van der Waals surface area contributed by atoms with Crippen molar-refractivity contribution >= 4 is 18.4 Å². The van der Waals surface area contributed by atoms with Gasteiger partial charge in [0, 0.05) is 18.4 Å². The molecule has 0 saturated heterocycles. The fourth-order valence-electron chi connectivity index (χ4n) is 3.04. The predicted octanol–water partition coefficient (Wildman–Crippen LogP) is 6.45. The van der Waals surface area contributed by atoms with Gasteiger partial charge in [0.05, 0.1) is 5.69 Å². The summed E-state index contributed by atoms with van der Waals surface area (Å²) in [5.74, 6) is 0. The Morgan fingerprint density at radius 2 is 1.35 bits per heavy atom. The summed E-state index contributed by atoms with van der Waals surface area (Å²) in [5, 5.41) is 3.56. The molecule has 0 bridgehead atoms. The molecule has 0 unspecified atom stereocenters. The molecular formula is C20H29N2P.